The molecule has 0 bridgehead atoms. The van der Waals surface area contributed by atoms with Crippen LogP contribution in [0.5, 0.6) is 0 Å². The highest BCUT2D eigenvalue weighted by Crippen LogP contribution is 2.21. The Hall–Kier alpha value is -0.590. The van der Waals surface area contributed by atoms with Crippen molar-refractivity contribution in [1.82, 2.24) is 10.2 Å². The van der Waals surface area contributed by atoms with Crippen molar-refractivity contribution in [2.24, 2.45) is 0 Å². The molecule has 0 aliphatic rings. The Balaban J connectivity index is 2.44. The zero-order valence-corrected chi connectivity index (χ0v) is 7.31. The summed E-state index contributed by atoms with van der Waals surface area (Å²) in [6, 6.07) is 0. The van der Waals surface area contributed by atoms with Gasteiger partial charge in [0.15, 0.2) is 0 Å². The Morgan fingerprint density at radius 2 is 2.00 bits per heavy atom. The van der Waals surface area contributed by atoms with E-state index in [4.69, 9.17) is 0 Å². The lowest BCUT2D eigenvalue weighted by Gasteiger charge is -2.01. The summed E-state index contributed by atoms with van der Waals surface area (Å²) >= 11 is 2.83. The molecular weight excluding hydrogens is 241 g/mol. The highest BCUT2D eigenvalue weighted by molar-refractivity contribution is 9.10. The normalized spacial score (nSPS) is 12.0. The average molecular weight is 245 g/mol. The lowest BCUT2D eigenvalue weighted by atomic mass is 10.3. The second-order valence-corrected chi connectivity index (χ2v) is 2.74. The maximum atomic E-state index is 11.6. The van der Waals surface area contributed by atoms with Crippen molar-refractivity contribution in [2.45, 2.75) is 19.0 Å². The number of nitrogens with zero attached hydrogens (tertiary/aromatic N) is 2. The van der Waals surface area contributed by atoms with E-state index in [9.17, 15) is 13.2 Å². The monoisotopic (exact) mass is 244 g/mol. The predicted octanol–water partition coefficient (Wildman–Crippen LogP) is 2.33. The quantitative estimate of drug-likeness (QED) is 0.802. The summed E-state index contributed by atoms with van der Waals surface area (Å²) in [5.74, 6) is -0.0146. The van der Waals surface area contributed by atoms with Gasteiger partial charge in [0.1, 0.15) is 0 Å². The lowest BCUT2D eigenvalue weighted by molar-refractivity contribution is -0.134. The Bertz CT molecular complexity index is 259. The summed E-state index contributed by atoms with van der Waals surface area (Å²) in [6.07, 6.45) is -5.40. The molecule has 3 nitrogen and oxygen atoms in total. The van der Waals surface area contributed by atoms with Gasteiger partial charge in [-0.15, -0.1) is 10.2 Å². The number of alkyl halides is 3. The van der Waals surface area contributed by atoms with E-state index in [1.165, 1.54) is 0 Å². The molecule has 0 radical (unpaired) electrons. The molecule has 0 saturated heterocycles. The Morgan fingerprint density at radius 1 is 1.33 bits per heavy atom. The first-order chi connectivity index (χ1) is 5.47. The molecule has 12 heavy (non-hydrogen) atoms. The standard InChI is InChI=1S/C5H4BrF3N2O/c6-4-11-10-3(12-4)1-2-5(7,8)9/h1-2H2. The van der Waals surface area contributed by atoms with Crippen molar-refractivity contribution in [2.75, 3.05) is 0 Å². The Kier molecular flexibility index (Phi) is 2.71. The maximum Gasteiger partial charge on any atom is 0.389 e. The summed E-state index contributed by atoms with van der Waals surface area (Å²) in [6.45, 7) is 0. The number of aryl methyl sites for hydroxylation is 1. The van der Waals surface area contributed by atoms with Crippen molar-refractivity contribution in [3.63, 3.8) is 0 Å². The van der Waals surface area contributed by atoms with Gasteiger partial charge in [0, 0.05) is 22.4 Å². The van der Waals surface area contributed by atoms with E-state index in [0.717, 1.165) is 0 Å². The molecule has 7 heteroatoms. The molecule has 68 valence electrons. The largest absolute Gasteiger partial charge is 0.416 e. The van der Waals surface area contributed by atoms with Gasteiger partial charge in [0.2, 0.25) is 5.89 Å². The van der Waals surface area contributed by atoms with E-state index in [1.807, 2.05) is 0 Å². The first-order valence-electron chi connectivity index (χ1n) is 3.02. The van der Waals surface area contributed by atoms with Crippen LogP contribution in [0.3, 0.4) is 0 Å². The molecule has 0 aliphatic heterocycles. The smallest absolute Gasteiger partial charge is 0.389 e. The Labute approximate surface area is 74.1 Å². The molecular formula is C5H4BrF3N2O. The highest BCUT2D eigenvalue weighted by atomic mass is 79.9. The molecule has 0 unspecified atom stereocenters. The van der Waals surface area contributed by atoms with Crippen LogP contribution in [0.4, 0.5) is 13.2 Å². The summed E-state index contributed by atoms with van der Waals surface area (Å²) in [4.78, 5) is 0.0969. The molecule has 1 aromatic heterocycles. The van der Waals surface area contributed by atoms with Crippen molar-refractivity contribution in [1.29, 1.82) is 0 Å². The number of aromatic nitrogens is 2. The van der Waals surface area contributed by atoms with E-state index in [0.29, 0.717) is 0 Å². The van der Waals surface area contributed by atoms with Gasteiger partial charge in [0.25, 0.3) is 4.80 Å². The number of hydrogen-bond acceptors (Lipinski definition) is 3. The fourth-order valence-electron chi connectivity index (χ4n) is 0.583. The van der Waals surface area contributed by atoms with Crippen molar-refractivity contribution in [3.8, 4) is 0 Å². The van der Waals surface area contributed by atoms with Crippen LogP contribution in [0, 0.1) is 0 Å². The zero-order valence-electron chi connectivity index (χ0n) is 5.73. The van der Waals surface area contributed by atoms with Gasteiger partial charge in [-0.2, -0.15) is 13.2 Å². The molecule has 0 fully saturated rings. The third-order valence-electron chi connectivity index (χ3n) is 1.06. The summed E-state index contributed by atoms with van der Waals surface area (Å²) < 4.78 is 39.6. The second-order valence-electron chi connectivity index (χ2n) is 2.06. The number of hydrogen-bond donors (Lipinski definition) is 0. The van der Waals surface area contributed by atoms with Crippen LogP contribution in [0.2, 0.25) is 0 Å². The molecule has 0 amide bonds. The number of halogens is 4. The highest BCUT2D eigenvalue weighted by Gasteiger charge is 2.27. The van der Waals surface area contributed by atoms with E-state index in [-0.39, 0.29) is 17.1 Å². The average Bonchev–Trinajstić information content (AvgIpc) is 2.30. The Morgan fingerprint density at radius 3 is 2.42 bits per heavy atom. The van der Waals surface area contributed by atoms with Gasteiger partial charge in [-0.3, -0.25) is 0 Å². The van der Waals surface area contributed by atoms with Crippen LogP contribution < -0.4 is 0 Å². The topological polar surface area (TPSA) is 38.9 Å². The SMILES string of the molecule is FC(F)(F)CCc1nnc(Br)o1. The molecule has 0 aromatic carbocycles. The fourth-order valence-corrected chi connectivity index (χ4v) is 0.849. The molecule has 0 aliphatic carbocycles. The first-order valence-corrected chi connectivity index (χ1v) is 3.81. The minimum absolute atomic E-state index is 0.0146. The van der Waals surface area contributed by atoms with Crippen LogP contribution in [0.15, 0.2) is 9.22 Å². The van der Waals surface area contributed by atoms with Crippen LogP contribution in [-0.4, -0.2) is 16.4 Å². The van der Waals surface area contributed by atoms with Crippen molar-refractivity contribution in [3.05, 3.63) is 10.7 Å². The molecule has 0 saturated carbocycles. The van der Waals surface area contributed by atoms with E-state index >= 15 is 0 Å². The van der Waals surface area contributed by atoms with Gasteiger partial charge < -0.3 is 4.42 Å². The predicted molar refractivity (Wildman–Crippen MR) is 36.4 cm³/mol. The van der Waals surface area contributed by atoms with Crippen molar-refractivity contribution < 1.29 is 17.6 Å². The minimum atomic E-state index is -4.18. The molecule has 1 rings (SSSR count). The van der Waals surface area contributed by atoms with Gasteiger partial charge >= 0.3 is 6.18 Å². The van der Waals surface area contributed by atoms with E-state index in [1.54, 1.807) is 0 Å². The van der Waals surface area contributed by atoms with Crippen LogP contribution in [0.25, 0.3) is 0 Å². The van der Waals surface area contributed by atoms with Gasteiger partial charge in [-0.1, -0.05) is 0 Å². The minimum Gasteiger partial charge on any atom is -0.416 e. The van der Waals surface area contributed by atoms with Gasteiger partial charge in [-0.05, 0) is 0 Å². The van der Waals surface area contributed by atoms with Crippen molar-refractivity contribution >= 4 is 15.9 Å². The third kappa shape index (κ3) is 3.21. The maximum absolute atomic E-state index is 11.6. The van der Waals surface area contributed by atoms with Gasteiger partial charge in [-0.25, -0.2) is 0 Å². The molecule has 0 N–H and O–H groups in total. The van der Waals surface area contributed by atoms with E-state index < -0.39 is 12.6 Å². The number of rotatable bonds is 2. The van der Waals surface area contributed by atoms with Crippen LogP contribution in [-0.2, 0) is 6.42 Å². The fraction of sp³-hybridized carbons (Fsp3) is 0.600. The lowest BCUT2D eigenvalue weighted by Crippen LogP contribution is -2.08. The van der Waals surface area contributed by atoms with Crippen LogP contribution in [0.1, 0.15) is 12.3 Å². The molecule has 0 atom stereocenters. The molecule has 1 aromatic rings. The second kappa shape index (κ2) is 3.42. The summed E-state index contributed by atoms with van der Waals surface area (Å²) in [5.41, 5.74) is 0. The first kappa shape index (κ1) is 9.50. The zero-order chi connectivity index (χ0) is 9.19. The summed E-state index contributed by atoms with van der Waals surface area (Å²) in [7, 11) is 0. The van der Waals surface area contributed by atoms with Gasteiger partial charge in [0.05, 0.1) is 6.42 Å². The van der Waals surface area contributed by atoms with E-state index in [2.05, 4.69) is 30.5 Å². The molecule has 1 heterocycles. The molecule has 0 spiro atoms. The third-order valence-corrected chi connectivity index (χ3v) is 1.38. The van der Waals surface area contributed by atoms with Crippen LogP contribution >= 0.6 is 15.9 Å². The summed E-state index contributed by atoms with van der Waals surface area (Å²) in [5, 5.41) is 6.71.